The Morgan fingerprint density at radius 1 is 1.44 bits per heavy atom. The van der Waals surface area contributed by atoms with Crippen molar-refractivity contribution in [3.63, 3.8) is 0 Å². The van der Waals surface area contributed by atoms with Crippen molar-refractivity contribution in [2.24, 2.45) is 0 Å². The number of piperidine rings is 1. The molecule has 1 atom stereocenters. The maximum Gasteiger partial charge on any atom is 0.0300 e. The van der Waals surface area contributed by atoms with Crippen LogP contribution >= 0.6 is 0 Å². The van der Waals surface area contributed by atoms with Gasteiger partial charge >= 0.3 is 0 Å². The third-order valence-electron chi connectivity index (χ3n) is 3.12. The number of hydrogen-bond acceptors (Lipinski definition) is 3. The zero-order chi connectivity index (χ0) is 11.1. The van der Waals surface area contributed by atoms with E-state index >= 15 is 0 Å². The molecule has 0 amide bonds. The van der Waals surface area contributed by atoms with Gasteiger partial charge < -0.3 is 10.6 Å². The first-order valence-corrected chi connectivity index (χ1v) is 6.28. The van der Waals surface area contributed by atoms with E-state index in [-0.39, 0.29) is 0 Å². The molecule has 1 aliphatic heterocycles. The fourth-order valence-electron chi connectivity index (χ4n) is 2.15. The normalized spacial score (nSPS) is 20.9. The molecule has 0 aliphatic carbocycles. The van der Waals surface area contributed by atoms with Gasteiger partial charge in [0.1, 0.15) is 0 Å². The van der Waals surface area contributed by atoms with E-state index < -0.39 is 0 Å². The molecule has 16 heavy (non-hydrogen) atoms. The summed E-state index contributed by atoms with van der Waals surface area (Å²) >= 11 is 0. The Morgan fingerprint density at radius 3 is 3.19 bits per heavy atom. The minimum Gasteiger partial charge on any atom is -0.315 e. The molecule has 0 spiro atoms. The zero-order valence-corrected chi connectivity index (χ0v) is 9.78. The molecule has 3 heteroatoms. The Kier molecular flexibility index (Phi) is 4.77. The minimum atomic E-state index is 0.683. The topological polar surface area (TPSA) is 37.0 Å². The lowest BCUT2D eigenvalue weighted by atomic mass is 10.1. The quantitative estimate of drug-likeness (QED) is 0.734. The van der Waals surface area contributed by atoms with Crippen LogP contribution in [0.15, 0.2) is 24.5 Å². The van der Waals surface area contributed by atoms with Gasteiger partial charge in [0.15, 0.2) is 0 Å². The number of hydrogen-bond donors (Lipinski definition) is 2. The number of nitrogens with one attached hydrogen (secondary N) is 2. The van der Waals surface area contributed by atoms with Gasteiger partial charge in [-0.2, -0.15) is 0 Å². The first-order valence-electron chi connectivity index (χ1n) is 6.28. The first kappa shape index (κ1) is 11.6. The molecule has 0 radical (unpaired) electrons. The average Bonchev–Trinajstić information content (AvgIpc) is 2.37. The van der Waals surface area contributed by atoms with Gasteiger partial charge in [-0.05, 0) is 44.0 Å². The van der Waals surface area contributed by atoms with Crippen molar-refractivity contribution >= 4 is 0 Å². The van der Waals surface area contributed by atoms with Gasteiger partial charge in [0.25, 0.3) is 0 Å². The van der Waals surface area contributed by atoms with Crippen LogP contribution in [0, 0.1) is 0 Å². The van der Waals surface area contributed by atoms with Gasteiger partial charge in [0.2, 0.25) is 0 Å². The van der Waals surface area contributed by atoms with Gasteiger partial charge in [0, 0.05) is 25.0 Å². The summed E-state index contributed by atoms with van der Waals surface area (Å²) in [4.78, 5) is 4.11. The van der Waals surface area contributed by atoms with Crippen LogP contribution in [0.1, 0.15) is 24.8 Å². The summed E-state index contributed by atoms with van der Waals surface area (Å²) < 4.78 is 0. The van der Waals surface area contributed by atoms with Crippen LogP contribution in [0.5, 0.6) is 0 Å². The number of rotatable bonds is 5. The standard InChI is InChI=1S/C13H21N3/c1-2-8-16-13(5-1)11-15-9-6-12-4-3-7-14-10-12/h3-4,7,10,13,15-16H,1-2,5-6,8-9,11H2. The molecule has 1 unspecified atom stereocenters. The van der Waals surface area contributed by atoms with Crippen LogP contribution < -0.4 is 10.6 Å². The van der Waals surface area contributed by atoms with Crippen LogP contribution in [0.4, 0.5) is 0 Å². The fourth-order valence-corrected chi connectivity index (χ4v) is 2.15. The Morgan fingerprint density at radius 2 is 2.44 bits per heavy atom. The second kappa shape index (κ2) is 6.61. The number of aromatic nitrogens is 1. The molecule has 0 saturated carbocycles. The molecular formula is C13H21N3. The van der Waals surface area contributed by atoms with Crippen LogP contribution in [-0.4, -0.2) is 30.7 Å². The highest BCUT2D eigenvalue weighted by molar-refractivity contribution is 5.08. The minimum absolute atomic E-state index is 0.683. The predicted molar refractivity (Wildman–Crippen MR) is 66.5 cm³/mol. The van der Waals surface area contributed by atoms with E-state index in [4.69, 9.17) is 0 Å². The third-order valence-corrected chi connectivity index (χ3v) is 3.12. The van der Waals surface area contributed by atoms with Crippen molar-refractivity contribution in [1.29, 1.82) is 0 Å². The van der Waals surface area contributed by atoms with E-state index in [0.717, 1.165) is 19.5 Å². The van der Waals surface area contributed by atoms with Crippen molar-refractivity contribution < 1.29 is 0 Å². The summed E-state index contributed by atoms with van der Waals surface area (Å²) in [5, 5.41) is 7.06. The largest absolute Gasteiger partial charge is 0.315 e. The summed E-state index contributed by atoms with van der Waals surface area (Å²) in [6.07, 6.45) is 8.87. The lowest BCUT2D eigenvalue weighted by molar-refractivity contribution is 0.384. The molecule has 0 bridgehead atoms. The maximum absolute atomic E-state index is 4.11. The summed E-state index contributed by atoms with van der Waals surface area (Å²) in [5.74, 6) is 0. The van der Waals surface area contributed by atoms with Crippen LogP contribution in [0.3, 0.4) is 0 Å². The molecule has 1 aromatic rings. The fraction of sp³-hybridized carbons (Fsp3) is 0.615. The SMILES string of the molecule is c1cncc(CCNCC2CCCCN2)c1. The molecular weight excluding hydrogens is 198 g/mol. The van der Waals surface area contributed by atoms with Crippen LogP contribution in [0.2, 0.25) is 0 Å². The van der Waals surface area contributed by atoms with Crippen LogP contribution in [0.25, 0.3) is 0 Å². The highest BCUT2D eigenvalue weighted by Gasteiger charge is 2.10. The van der Waals surface area contributed by atoms with Crippen molar-refractivity contribution in [2.45, 2.75) is 31.7 Å². The van der Waals surface area contributed by atoms with E-state index in [1.807, 2.05) is 18.5 Å². The monoisotopic (exact) mass is 219 g/mol. The second-order valence-corrected chi connectivity index (χ2v) is 4.46. The second-order valence-electron chi connectivity index (χ2n) is 4.46. The van der Waals surface area contributed by atoms with Gasteiger partial charge in [-0.3, -0.25) is 4.98 Å². The average molecular weight is 219 g/mol. The van der Waals surface area contributed by atoms with E-state index in [0.29, 0.717) is 6.04 Å². The molecule has 2 heterocycles. The van der Waals surface area contributed by atoms with Gasteiger partial charge in [-0.25, -0.2) is 0 Å². The molecule has 1 fully saturated rings. The van der Waals surface area contributed by atoms with E-state index in [2.05, 4.69) is 21.7 Å². The zero-order valence-electron chi connectivity index (χ0n) is 9.78. The maximum atomic E-state index is 4.11. The van der Waals surface area contributed by atoms with Crippen molar-refractivity contribution in [1.82, 2.24) is 15.6 Å². The van der Waals surface area contributed by atoms with E-state index in [1.165, 1.54) is 31.4 Å². The van der Waals surface area contributed by atoms with E-state index in [1.54, 1.807) is 0 Å². The summed E-state index contributed by atoms with van der Waals surface area (Å²) in [7, 11) is 0. The van der Waals surface area contributed by atoms with Gasteiger partial charge in [0.05, 0.1) is 0 Å². The number of pyridine rings is 1. The highest BCUT2D eigenvalue weighted by atomic mass is 15.0. The summed E-state index contributed by atoms with van der Waals surface area (Å²) in [6.45, 7) is 3.33. The Bertz CT molecular complexity index is 280. The Balaban J connectivity index is 1.58. The molecule has 2 N–H and O–H groups in total. The molecule has 1 saturated heterocycles. The molecule has 1 aliphatic rings. The van der Waals surface area contributed by atoms with Gasteiger partial charge in [-0.1, -0.05) is 12.5 Å². The summed E-state index contributed by atoms with van der Waals surface area (Å²) in [6, 6.07) is 4.81. The highest BCUT2D eigenvalue weighted by Crippen LogP contribution is 2.05. The Hall–Kier alpha value is -0.930. The van der Waals surface area contributed by atoms with Crippen molar-refractivity contribution in [2.75, 3.05) is 19.6 Å². The molecule has 88 valence electrons. The molecule has 2 rings (SSSR count). The summed E-state index contributed by atoms with van der Waals surface area (Å²) in [5.41, 5.74) is 1.31. The lowest BCUT2D eigenvalue weighted by Gasteiger charge is -2.23. The number of nitrogens with zero attached hydrogens (tertiary/aromatic N) is 1. The van der Waals surface area contributed by atoms with Crippen molar-refractivity contribution in [3.8, 4) is 0 Å². The lowest BCUT2D eigenvalue weighted by Crippen LogP contribution is -2.42. The van der Waals surface area contributed by atoms with E-state index in [9.17, 15) is 0 Å². The molecule has 1 aromatic heterocycles. The smallest absolute Gasteiger partial charge is 0.0300 e. The molecule has 0 aromatic carbocycles. The Labute approximate surface area is 97.7 Å². The van der Waals surface area contributed by atoms with Crippen molar-refractivity contribution in [3.05, 3.63) is 30.1 Å². The first-order chi connectivity index (χ1) is 7.95. The third kappa shape index (κ3) is 3.91. The molecule has 3 nitrogen and oxygen atoms in total. The van der Waals surface area contributed by atoms with Gasteiger partial charge in [-0.15, -0.1) is 0 Å². The predicted octanol–water partition coefficient (Wildman–Crippen LogP) is 1.36. The van der Waals surface area contributed by atoms with Crippen LogP contribution in [-0.2, 0) is 6.42 Å².